The van der Waals surface area contributed by atoms with Crippen LogP contribution in [0, 0.1) is 0 Å². The number of amides is 4. The molecule has 2 aliphatic rings. The van der Waals surface area contributed by atoms with E-state index in [9.17, 15) is 19.2 Å². The molecule has 2 aliphatic heterocycles. The van der Waals surface area contributed by atoms with Crippen molar-refractivity contribution in [3.8, 4) is 0 Å². The molecule has 3 rings (SSSR count). The van der Waals surface area contributed by atoms with E-state index in [0.29, 0.717) is 25.9 Å². The molecule has 0 aliphatic carbocycles. The molecule has 0 saturated carbocycles. The molecule has 210 valence electrons. The van der Waals surface area contributed by atoms with Crippen molar-refractivity contribution in [2.75, 3.05) is 13.1 Å². The highest BCUT2D eigenvalue weighted by Gasteiger charge is 2.29. The Morgan fingerprint density at radius 2 is 0.737 bits per heavy atom. The molecule has 2 fully saturated rings. The predicted molar refractivity (Wildman–Crippen MR) is 151 cm³/mol. The van der Waals surface area contributed by atoms with Crippen molar-refractivity contribution >= 4 is 23.6 Å². The van der Waals surface area contributed by atoms with Gasteiger partial charge in [-0.05, 0) is 37.8 Å². The fourth-order valence-electron chi connectivity index (χ4n) is 5.66. The molecule has 0 radical (unpaired) electrons. The zero-order valence-electron chi connectivity index (χ0n) is 23.4. The number of carbonyl (C=O) groups is 4. The Morgan fingerprint density at radius 3 is 1.08 bits per heavy atom. The molecule has 2 heterocycles. The van der Waals surface area contributed by atoms with Crippen LogP contribution in [0.25, 0.3) is 0 Å². The summed E-state index contributed by atoms with van der Waals surface area (Å²) in [6.45, 7) is 0.756. The number of rotatable bonds is 2. The summed E-state index contributed by atoms with van der Waals surface area (Å²) in [7, 11) is 0. The van der Waals surface area contributed by atoms with Gasteiger partial charge in [0, 0.05) is 25.9 Å². The van der Waals surface area contributed by atoms with Gasteiger partial charge in [-0.1, -0.05) is 102 Å². The van der Waals surface area contributed by atoms with Crippen LogP contribution in [0.15, 0.2) is 24.3 Å². The van der Waals surface area contributed by atoms with Crippen LogP contribution in [-0.2, 0) is 9.59 Å². The number of nitrogens with zero attached hydrogens (tertiary/aromatic N) is 2. The Balaban J connectivity index is 1.80. The van der Waals surface area contributed by atoms with E-state index in [0.717, 1.165) is 77.0 Å². The van der Waals surface area contributed by atoms with Crippen molar-refractivity contribution < 1.29 is 19.2 Å². The highest BCUT2D eigenvalue weighted by molar-refractivity contribution is 6.14. The lowest BCUT2D eigenvalue weighted by Crippen LogP contribution is -2.41. The molecule has 2 saturated heterocycles. The van der Waals surface area contributed by atoms with Crippen LogP contribution in [0.3, 0.4) is 0 Å². The summed E-state index contributed by atoms with van der Waals surface area (Å²) in [6, 6.07) is 6.73. The van der Waals surface area contributed by atoms with Gasteiger partial charge in [-0.2, -0.15) is 0 Å². The summed E-state index contributed by atoms with van der Waals surface area (Å²) in [4.78, 5) is 56.6. The molecule has 6 nitrogen and oxygen atoms in total. The van der Waals surface area contributed by atoms with E-state index >= 15 is 0 Å². The summed E-state index contributed by atoms with van der Waals surface area (Å²) in [5.74, 6) is -1.14. The van der Waals surface area contributed by atoms with Crippen molar-refractivity contribution in [1.82, 2.24) is 9.80 Å². The first-order chi connectivity index (χ1) is 18.6. The Bertz CT molecular complexity index is 839. The Hall–Kier alpha value is -2.50. The molecule has 1 aromatic rings. The Labute approximate surface area is 229 Å². The fourth-order valence-corrected chi connectivity index (χ4v) is 5.66. The van der Waals surface area contributed by atoms with Gasteiger partial charge in [0.25, 0.3) is 11.8 Å². The Kier molecular flexibility index (Phi) is 13.6. The quantitative estimate of drug-likeness (QED) is 0.377. The molecule has 0 N–H and O–H groups in total. The lowest BCUT2D eigenvalue weighted by molar-refractivity contribution is -0.129. The maximum atomic E-state index is 13.8. The van der Waals surface area contributed by atoms with Gasteiger partial charge in [0.2, 0.25) is 11.8 Å². The number of hydrogen-bond donors (Lipinski definition) is 0. The van der Waals surface area contributed by atoms with Crippen LogP contribution < -0.4 is 0 Å². The van der Waals surface area contributed by atoms with Crippen LogP contribution >= 0.6 is 0 Å². The van der Waals surface area contributed by atoms with Crippen molar-refractivity contribution in [1.29, 1.82) is 0 Å². The number of hydrogen-bond acceptors (Lipinski definition) is 4. The van der Waals surface area contributed by atoms with Crippen molar-refractivity contribution in [2.24, 2.45) is 0 Å². The van der Waals surface area contributed by atoms with Gasteiger partial charge < -0.3 is 0 Å². The largest absolute Gasteiger partial charge is 0.278 e. The summed E-state index contributed by atoms with van der Waals surface area (Å²) >= 11 is 0. The van der Waals surface area contributed by atoms with E-state index in [1.165, 1.54) is 48.3 Å². The van der Waals surface area contributed by atoms with Gasteiger partial charge >= 0.3 is 0 Å². The van der Waals surface area contributed by atoms with E-state index in [4.69, 9.17) is 0 Å². The monoisotopic (exact) mass is 524 g/mol. The minimum atomic E-state index is -0.410. The van der Waals surface area contributed by atoms with E-state index in [1.807, 2.05) is 0 Å². The zero-order valence-corrected chi connectivity index (χ0v) is 23.4. The van der Waals surface area contributed by atoms with E-state index < -0.39 is 11.8 Å². The highest BCUT2D eigenvalue weighted by atomic mass is 16.2. The molecular formula is C32H48N2O4. The third-order valence-corrected chi connectivity index (χ3v) is 8.03. The lowest BCUT2D eigenvalue weighted by Gasteiger charge is -2.25. The van der Waals surface area contributed by atoms with Crippen LogP contribution in [0.1, 0.15) is 149 Å². The van der Waals surface area contributed by atoms with Gasteiger partial charge in [-0.25, -0.2) is 0 Å². The number of benzene rings is 1. The number of imide groups is 2. The second kappa shape index (κ2) is 17.2. The number of carbonyl (C=O) groups excluding carboxylic acids is 4. The first-order valence-corrected chi connectivity index (χ1v) is 15.4. The van der Waals surface area contributed by atoms with Crippen LogP contribution in [0.2, 0.25) is 0 Å². The average Bonchev–Trinajstić information content (AvgIpc) is 2.96. The van der Waals surface area contributed by atoms with Gasteiger partial charge in [0.1, 0.15) is 0 Å². The minimum absolute atomic E-state index is 0.157. The second-order valence-electron chi connectivity index (χ2n) is 11.1. The van der Waals surface area contributed by atoms with Gasteiger partial charge in [-0.15, -0.1) is 0 Å². The molecule has 0 bridgehead atoms. The summed E-state index contributed by atoms with van der Waals surface area (Å²) < 4.78 is 0. The third kappa shape index (κ3) is 9.67. The standard InChI is InChI=1S/C32H48N2O4/c35-29-23-15-11-7-3-1-5-9-13-19-25-33(29)31(37)27-21-17-18-22-28(27)32(38)34-26-20-14-10-6-2-4-8-12-16-24-30(34)36/h17-18,21-22H,1-16,19-20,23-26H2. The van der Waals surface area contributed by atoms with Crippen molar-refractivity contribution in [2.45, 2.75) is 128 Å². The molecule has 0 spiro atoms. The lowest BCUT2D eigenvalue weighted by atomic mass is 10.0. The third-order valence-electron chi connectivity index (χ3n) is 8.03. The molecule has 0 unspecified atom stereocenters. The summed E-state index contributed by atoms with van der Waals surface area (Å²) in [5, 5.41) is 0. The molecular weight excluding hydrogens is 476 g/mol. The second-order valence-corrected chi connectivity index (χ2v) is 11.1. The Morgan fingerprint density at radius 1 is 0.447 bits per heavy atom. The van der Waals surface area contributed by atoms with E-state index in [-0.39, 0.29) is 22.9 Å². The van der Waals surface area contributed by atoms with Crippen molar-refractivity contribution in [3.05, 3.63) is 35.4 Å². The normalized spacial score (nSPS) is 20.6. The van der Waals surface area contributed by atoms with Gasteiger partial charge in [-0.3, -0.25) is 29.0 Å². The smallest absolute Gasteiger partial charge is 0.261 e. The van der Waals surface area contributed by atoms with E-state index in [1.54, 1.807) is 24.3 Å². The fraction of sp³-hybridized carbons (Fsp3) is 0.688. The molecule has 4 amide bonds. The predicted octanol–water partition coefficient (Wildman–Crippen LogP) is 7.45. The molecule has 6 heteroatoms. The first kappa shape index (κ1) is 30.0. The SMILES string of the molecule is O=C1CCCCCCCCCCCN1C(=O)c1ccccc1C(=O)N1CCCCCCCCCCCC1=O. The molecule has 1 aromatic carbocycles. The maximum absolute atomic E-state index is 13.8. The maximum Gasteiger partial charge on any atom is 0.261 e. The van der Waals surface area contributed by atoms with Gasteiger partial charge in [0.05, 0.1) is 11.1 Å². The van der Waals surface area contributed by atoms with Crippen LogP contribution in [-0.4, -0.2) is 46.5 Å². The zero-order chi connectivity index (χ0) is 27.0. The topological polar surface area (TPSA) is 74.8 Å². The summed E-state index contributed by atoms with van der Waals surface area (Å²) in [6.07, 6.45) is 19.6. The average molecular weight is 525 g/mol. The first-order valence-electron chi connectivity index (χ1n) is 15.4. The minimum Gasteiger partial charge on any atom is -0.278 e. The van der Waals surface area contributed by atoms with Gasteiger partial charge in [0.15, 0.2) is 0 Å². The van der Waals surface area contributed by atoms with Crippen LogP contribution in [0.4, 0.5) is 0 Å². The molecule has 38 heavy (non-hydrogen) atoms. The van der Waals surface area contributed by atoms with Crippen LogP contribution in [0.5, 0.6) is 0 Å². The van der Waals surface area contributed by atoms with E-state index in [2.05, 4.69) is 0 Å². The molecule has 0 atom stereocenters. The van der Waals surface area contributed by atoms with Crippen molar-refractivity contribution in [3.63, 3.8) is 0 Å². The highest BCUT2D eigenvalue weighted by Crippen LogP contribution is 2.21. The summed E-state index contributed by atoms with van der Waals surface area (Å²) in [5.41, 5.74) is 0.455. The molecule has 0 aromatic heterocycles.